The van der Waals surface area contributed by atoms with E-state index in [2.05, 4.69) is 15.9 Å². The summed E-state index contributed by atoms with van der Waals surface area (Å²) < 4.78 is 42.1. The van der Waals surface area contributed by atoms with Gasteiger partial charge in [-0.1, -0.05) is 48.0 Å². The highest BCUT2D eigenvalue weighted by Crippen LogP contribution is 2.37. The summed E-state index contributed by atoms with van der Waals surface area (Å²) in [5.41, 5.74) is -4.24. The Morgan fingerprint density at radius 2 is 1.41 bits per heavy atom. The Kier molecular flexibility index (Phi) is 10.0. The highest BCUT2D eigenvalue weighted by Gasteiger charge is 2.28. The third-order valence-corrected chi connectivity index (χ3v) is 4.40. The molecule has 1 aromatic carbocycles. The van der Waals surface area contributed by atoms with Gasteiger partial charge in [-0.3, -0.25) is 0 Å². The molecule has 0 aliphatic heterocycles. The average molecular weight is 399 g/mol. The molecule has 6 heteroatoms. The van der Waals surface area contributed by atoms with Gasteiger partial charge in [0.05, 0.1) is 6.61 Å². The molecule has 1 rings (SSSR count). The second kappa shape index (κ2) is 11.2. The number of hydrogen-bond donors (Lipinski definition) is 0. The van der Waals surface area contributed by atoms with Crippen LogP contribution in [-0.4, -0.2) is 17.4 Å². The Balaban J connectivity index is 2.08. The number of hydrogen-bond acceptors (Lipinski definition) is 2. The van der Waals surface area contributed by atoms with Crippen molar-refractivity contribution in [2.24, 2.45) is 0 Å². The topological polar surface area (TPSA) is 9.23 Å². The van der Waals surface area contributed by atoms with Gasteiger partial charge in [-0.15, -0.1) is 0 Å². The number of unbranched alkanes of at least 4 members (excludes halogenated alkanes) is 6. The molecule has 0 heterocycles. The molecule has 0 N–H and O–H groups in total. The molecule has 0 bridgehead atoms. The van der Waals surface area contributed by atoms with Gasteiger partial charge >= 0.3 is 5.51 Å². The molecular formula is C16H22BrF3OS. The van der Waals surface area contributed by atoms with E-state index in [1.807, 2.05) is 0 Å². The molecular weight excluding hydrogens is 377 g/mol. The number of benzene rings is 1. The maximum atomic E-state index is 12.2. The first-order chi connectivity index (χ1) is 10.5. The van der Waals surface area contributed by atoms with Gasteiger partial charge < -0.3 is 4.74 Å². The second-order valence-electron chi connectivity index (χ2n) is 5.03. The van der Waals surface area contributed by atoms with Crippen LogP contribution in [0.1, 0.15) is 44.9 Å². The molecule has 0 atom stereocenters. The molecule has 0 radical (unpaired) electrons. The van der Waals surface area contributed by atoms with Crippen molar-refractivity contribution in [3.63, 3.8) is 0 Å². The van der Waals surface area contributed by atoms with Gasteiger partial charge in [0.2, 0.25) is 0 Å². The van der Waals surface area contributed by atoms with Crippen LogP contribution in [0.3, 0.4) is 0 Å². The molecule has 0 saturated carbocycles. The molecule has 0 amide bonds. The van der Waals surface area contributed by atoms with E-state index in [-0.39, 0.29) is 16.7 Å². The summed E-state index contributed by atoms with van der Waals surface area (Å²) in [5.74, 6) is 0.629. The van der Waals surface area contributed by atoms with Crippen LogP contribution < -0.4 is 4.74 Å². The van der Waals surface area contributed by atoms with Crippen LogP contribution >= 0.6 is 27.7 Å². The first kappa shape index (κ1) is 19.7. The number of thioether (sulfide) groups is 1. The normalized spacial score (nSPS) is 11.6. The van der Waals surface area contributed by atoms with Crippen molar-refractivity contribution in [3.8, 4) is 5.75 Å². The monoisotopic (exact) mass is 398 g/mol. The van der Waals surface area contributed by atoms with Crippen LogP contribution in [0.5, 0.6) is 5.75 Å². The lowest BCUT2D eigenvalue weighted by molar-refractivity contribution is -0.0328. The van der Waals surface area contributed by atoms with Crippen molar-refractivity contribution >= 4 is 27.7 Å². The highest BCUT2D eigenvalue weighted by atomic mass is 79.9. The minimum atomic E-state index is -4.24. The first-order valence-corrected chi connectivity index (χ1v) is 9.49. The molecule has 126 valence electrons. The molecule has 1 nitrogen and oxygen atoms in total. The van der Waals surface area contributed by atoms with Crippen LogP contribution in [0, 0.1) is 0 Å². The summed E-state index contributed by atoms with van der Waals surface area (Å²) in [6.07, 6.45) is 8.40. The van der Waals surface area contributed by atoms with Gasteiger partial charge in [0.1, 0.15) is 5.75 Å². The molecule has 0 spiro atoms. The quantitative estimate of drug-likeness (QED) is 0.230. The van der Waals surface area contributed by atoms with Crippen molar-refractivity contribution < 1.29 is 17.9 Å². The van der Waals surface area contributed by atoms with Gasteiger partial charge in [0.25, 0.3) is 0 Å². The fraction of sp³-hybridized carbons (Fsp3) is 0.625. The van der Waals surface area contributed by atoms with Crippen molar-refractivity contribution in [2.45, 2.75) is 55.3 Å². The maximum absolute atomic E-state index is 12.2. The van der Waals surface area contributed by atoms with Gasteiger partial charge in [-0.2, -0.15) is 13.2 Å². The summed E-state index contributed by atoms with van der Waals surface area (Å²) in [6, 6.07) is 6.07. The summed E-state index contributed by atoms with van der Waals surface area (Å²) >= 11 is 3.31. The molecule has 0 aliphatic rings. The molecule has 0 saturated heterocycles. The average Bonchev–Trinajstić information content (AvgIpc) is 2.46. The number of rotatable bonds is 11. The first-order valence-electron chi connectivity index (χ1n) is 7.56. The van der Waals surface area contributed by atoms with E-state index < -0.39 is 5.51 Å². The van der Waals surface area contributed by atoms with Crippen molar-refractivity contribution in [3.05, 3.63) is 24.3 Å². The summed E-state index contributed by atoms with van der Waals surface area (Å²) in [6.45, 7) is 0.618. The van der Waals surface area contributed by atoms with Crippen molar-refractivity contribution in [1.82, 2.24) is 0 Å². The SMILES string of the molecule is FC(F)(F)Sc1ccc(OCCCCCCCCCBr)cc1. The third kappa shape index (κ3) is 10.4. The standard InChI is InChI=1S/C16H22BrF3OS/c17-12-6-4-2-1-3-5-7-13-21-14-8-10-15(11-9-14)22-16(18,19)20/h8-11H,1-7,12-13H2. The van der Waals surface area contributed by atoms with Gasteiger partial charge in [-0.25, -0.2) is 0 Å². The predicted octanol–water partition coefficient (Wildman–Crippen LogP) is 6.80. The molecule has 0 unspecified atom stereocenters. The number of ether oxygens (including phenoxy) is 1. The Morgan fingerprint density at radius 3 is 1.95 bits per heavy atom. The lowest BCUT2D eigenvalue weighted by Crippen LogP contribution is -1.99. The zero-order valence-corrected chi connectivity index (χ0v) is 14.9. The number of alkyl halides is 4. The van der Waals surface area contributed by atoms with E-state index in [1.165, 1.54) is 44.2 Å². The Labute approximate surface area is 143 Å². The fourth-order valence-corrected chi connectivity index (χ4v) is 2.94. The van der Waals surface area contributed by atoms with Crippen LogP contribution in [0.2, 0.25) is 0 Å². The zero-order chi connectivity index (χ0) is 16.3. The van der Waals surface area contributed by atoms with Crippen LogP contribution in [-0.2, 0) is 0 Å². The zero-order valence-electron chi connectivity index (χ0n) is 12.5. The van der Waals surface area contributed by atoms with Crippen LogP contribution in [0.4, 0.5) is 13.2 Å². The molecule has 0 aromatic heterocycles. The Hall–Kier alpha value is -0.360. The molecule has 1 aromatic rings. The third-order valence-electron chi connectivity index (χ3n) is 3.10. The van der Waals surface area contributed by atoms with Gasteiger partial charge in [0.15, 0.2) is 0 Å². The summed E-state index contributed by atoms with van der Waals surface area (Å²) in [5, 5.41) is 1.08. The molecule has 0 aliphatic carbocycles. The smallest absolute Gasteiger partial charge is 0.446 e. The molecule has 22 heavy (non-hydrogen) atoms. The van der Waals surface area contributed by atoms with E-state index in [0.717, 1.165) is 18.2 Å². The van der Waals surface area contributed by atoms with E-state index in [0.29, 0.717) is 12.4 Å². The largest absolute Gasteiger partial charge is 0.494 e. The number of halogens is 4. The minimum absolute atomic E-state index is 0.106. The Morgan fingerprint density at radius 1 is 0.864 bits per heavy atom. The van der Waals surface area contributed by atoms with Crippen molar-refractivity contribution in [2.75, 3.05) is 11.9 Å². The lowest BCUT2D eigenvalue weighted by Gasteiger charge is -2.08. The van der Waals surface area contributed by atoms with Crippen molar-refractivity contribution in [1.29, 1.82) is 0 Å². The summed E-state index contributed by atoms with van der Waals surface area (Å²) in [4.78, 5) is 0.184. The minimum Gasteiger partial charge on any atom is -0.494 e. The molecule has 0 fully saturated rings. The predicted molar refractivity (Wildman–Crippen MR) is 90.0 cm³/mol. The maximum Gasteiger partial charge on any atom is 0.446 e. The summed E-state index contributed by atoms with van der Waals surface area (Å²) in [7, 11) is 0. The van der Waals surface area contributed by atoms with Gasteiger partial charge in [0, 0.05) is 10.2 Å². The van der Waals surface area contributed by atoms with E-state index in [1.54, 1.807) is 12.1 Å². The van der Waals surface area contributed by atoms with Crippen LogP contribution in [0.15, 0.2) is 29.2 Å². The van der Waals surface area contributed by atoms with E-state index in [4.69, 9.17) is 4.74 Å². The van der Waals surface area contributed by atoms with E-state index in [9.17, 15) is 13.2 Å². The Bertz CT molecular complexity index is 395. The lowest BCUT2D eigenvalue weighted by atomic mass is 10.1. The second-order valence-corrected chi connectivity index (χ2v) is 6.96. The van der Waals surface area contributed by atoms with Crippen LogP contribution in [0.25, 0.3) is 0 Å². The van der Waals surface area contributed by atoms with Gasteiger partial charge in [-0.05, 0) is 48.9 Å². The van der Waals surface area contributed by atoms with E-state index >= 15 is 0 Å². The fourth-order valence-electron chi connectivity index (χ4n) is 2.01. The highest BCUT2D eigenvalue weighted by molar-refractivity contribution is 9.09.